The maximum Gasteiger partial charge on any atom is 0.258 e. The number of aromatic nitrogens is 2. The molecule has 0 spiro atoms. The molecular formula is C20H18N4O2. The molecule has 0 aliphatic heterocycles. The van der Waals surface area contributed by atoms with E-state index in [1.54, 1.807) is 49.4 Å². The molecule has 0 bridgehead atoms. The number of anilines is 2. The van der Waals surface area contributed by atoms with Crippen LogP contribution in [0.4, 0.5) is 11.8 Å². The van der Waals surface area contributed by atoms with Crippen LogP contribution in [0.15, 0.2) is 60.7 Å². The molecule has 0 unspecified atom stereocenters. The van der Waals surface area contributed by atoms with Crippen LogP contribution in [0.25, 0.3) is 0 Å². The molecule has 2 amide bonds. The first-order valence-electron chi connectivity index (χ1n) is 8.11. The molecule has 0 saturated carbocycles. The molecule has 2 N–H and O–H groups in total. The summed E-state index contributed by atoms with van der Waals surface area (Å²) in [5, 5.41) is 5.39. The van der Waals surface area contributed by atoms with Gasteiger partial charge in [0.25, 0.3) is 11.8 Å². The zero-order valence-corrected chi connectivity index (χ0v) is 14.5. The Morgan fingerprint density at radius 1 is 0.769 bits per heavy atom. The summed E-state index contributed by atoms with van der Waals surface area (Å²) in [6, 6.07) is 17.7. The maximum absolute atomic E-state index is 12.4. The van der Waals surface area contributed by atoms with Crippen molar-refractivity contribution in [2.24, 2.45) is 0 Å². The predicted molar refractivity (Wildman–Crippen MR) is 100 cm³/mol. The zero-order chi connectivity index (χ0) is 18.5. The molecule has 0 radical (unpaired) electrons. The van der Waals surface area contributed by atoms with Crippen molar-refractivity contribution in [2.45, 2.75) is 13.8 Å². The average molecular weight is 346 g/mol. The van der Waals surface area contributed by atoms with Crippen LogP contribution in [-0.4, -0.2) is 21.8 Å². The summed E-state index contributed by atoms with van der Waals surface area (Å²) in [5.41, 5.74) is 2.65. The molecule has 3 aromatic rings. The SMILES string of the molecule is Cc1cccc(C(=O)Nc2nc(C)cc(NC(=O)c3ccccc3)n2)c1. The molecule has 6 nitrogen and oxygen atoms in total. The minimum Gasteiger partial charge on any atom is -0.306 e. The Hall–Kier alpha value is -3.54. The minimum atomic E-state index is -0.306. The Morgan fingerprint density at radius 2 is 1.46 bits per heavy atom. The van der Waals surface area contributed by atoms with E-state index in [0.717, 1.165) is 5.56 Å². The molecule has 0 saturated heterocycles. The van der Waals surface area contributed by atoms with Crippen molar-refractivity contribution in [1.82, 2.24) is 9.97 Å². The number of hydrogen-bond acceptors (Lipinski definition) is 4. The molecule has 0 atom stereocenters. The lowest BCUT2D eigenvalue weighted by molar-refractivity contribution is 0.101. The molecule has 0 aliphatic rings. The smallest absolute Gasteiger partial charge is 0.258 e. The van der Waals surface area contributed by atoms with E-state index in [-0.39, 0.29) is 17.8 Å². The Bertz CT molecular complexity index is 955. The van der Waals surface area contributed by atoms with Crippen molar-refractivity contribution in [3.63, 3.8) is 0 Å². The molecular weight excluding hydrogens is 328 g/mol. The molecule has 1 heterocycles. The lowest BCUT2D eigenvalue weighted by Crippen LogP contribution is -2.17. The lowest BCUT2D eigenvalue weighted by Gasteiger charge is -2.09. The van der Waals surface area contributed by atoms with Crippen LogP contribution in [0.2, 0.25) is 0 Å². The fourth-order valence-electron chi connectivity index (χ4n) is 2.43. The van der Waals surface area contributed by atoms with Gasteiger partial charge in [0.15, 0.2) is 0 Å². The first-order chi connectivity index (χ1) is 12.5. The number of nitrogens with one attached hydrogen (secondary N) is 2. The number of aryl methyl sites for hydroxylation is 2. The third-order valence-electron chi connectivity index (χ3n) is 3.64. The monoisotopic (exact) mass is 346 g/mol. The summed E-state index contributed by atoms with van der Waals surface area (Å²) >= 11 is 0. The molecule has 26 heavy (non-hydrogen) atoms. The van der Waals surface area contributed by atoms with Crippen LogP contribution in [-0.2, 0) is 0 Å². The maximum atomic E-state index is 12.4. The van der Waals surface area contributed by atoms with Crippen molar-refractivity contribution in [2.75, 3.05) is 10.6 Å². The van der Waals surface area contributed by atoms with Crippen molar-refractivity contribution >= 4 is 23.6 Å². The van der Waals surface area contributed by atoms with E-state index in [0.29, 0.717) is 22.6 Å². The Labute approximate surface area is 151 Å². The molecule has 2 aromatic carbocycles. The molecule has 130 valence electrons. The van der Waals surface area contributed by atoms with Gasteiger partial charge in [0, 0.05) is 22.9 Å². The summed E-state index contributed by atoms with van der Waals surface area (Å²) in [6.45, 7) is 3.68. The topological polar surface area (TPSA) is 84.0 Å². The van der Waals surface area contributed by atoms with Gasteiger partial charge in [-0.3, -0.25) is 14.9 Å². The van der Waals surface area contributed by atoms with Gasteiger partial charge in [-0.05, 0) is 38.1 Å². The number of hydrogen-bond donors (Lipinski definition) is 2. The number of carbonyl (C=O) groups excluding carboxylic acids is 2. The molecule has 0 fully saturated rings. The quantitative estimate of drug-likeness (QED) is 0.756. The van der Waals surface area contributed by atoms with Crippen LogP contribution in [0.5, 0.6) is 0 Å². The van der Waals surface area contributed by atoms with Gasteiger partial charge in [0.05, 0.1) is 0 Å². The fraction of sp³-hybridized carbons (Fsp3) is 0.100. The van der Waals surface area contributed by atoms with Crippen molar-refractivity contribution in [3.8, 4) is 0 Å². The minimum absolute atomic E-state index is 0.139. The zero-order valence-electron chi connectivity index (χ0n) is 14.5. The Balaban J connectivity index is 1.77. The Kier molecular flexibility index (Phi) is 5.03. The van der Waals surface area contributed by atoms with E-state index in [1.807, 2.05) is 25.1 Å². The normalized spacial score (nSPS) is 10.2. The summed E-state index contributed by atoms with van der Waals surface area (Å²) < 4.78 is 0. The largest absolute Gasteiger partial charge is 0.306 e. The van der Waals surface area contributed by atoms with Crippen molar-refractivity contribution in [1.29, 1.82) is 0 Å². The highest BCUT2D eigenvalue weighted by Gasteiger charge is 2.11. The Morgan fingerprint density at radius 3 is 2.19 bits per heavy atom. The number of nitrogens with zero attached hydrogens (tertiary/aromatic N) is 2. The van der Waals surface area contributed by atoms with Crippen LogP contribution in [0, 0.1) is 13.8 Å². The molecule has 6 heteroatoms. The van der Waals surface area contributed by atoms with E-state index in [1.165, 1.54) is 0 Å². The first-order valence-corrected chi connectivity index (χ1v) is 8.11. The third kappa shape index (κ3) is 4.30. The highest BCUT2D eigenvalue weighted by atomic mass is 16.2. The summed E-state index contributed by atoms with van der Waals surface area (Å²) in [6.07, 6.45) is 0. The summed E-state index contributed by atoms with van der Waals surface area (Å²) in [4.78, 5) is 33.0. The molecule has 1 aromatic heterocycles. The van der Waals surface area contributed by atoms with Gasteiger partial charge in [-0.1, -0.05) is 35.9 Å². The van der Waals surface area contributed by atoms with Gasteiger partial charge in [-0.25, -0.2) is 4.98 Å². The van der Waals surface area contributed by atoms with Gasteiger partial charge >= 0.3 is 0 Å². The highest BCUT2D eigenvalue weighted by molar-refractivity contribution is 6.05. The van der Waals surface area contributed by atoms with E-state index in [4.69, 9.17) is 0 Å². The molecule has 3 rings (SSSR count). The summed E-state index contributed by atoms with van der Waals surface area (Å²) in [5.74, 6) is -0.120. The van der Waals surface area contributed by atoms with Crippen LogP contribution in [0.3, 0.4) is 0 Å². The van der Waals surface area contributed by atoms with E-state index in [2.05, 4.69) is 20.6 Å². The van der Waals surface area contributed by atoms with Gasteiger partial charge in [-0.2, -0.15) is 4.98 Å². The lowest BCUT2D eigenvalue weighted by atomic mass is 10.1. The second kappa shape index (κ2) is 7.57. The van der Waals surface area contributed by atoms with E-state index in [9.17, 15) is 9.59 Å². The number of carbonyl (C=O) groups is 2. The van der Waals surface area contributed by atoms with Crippen LogP contribution < -0.4 is 10.6 Å². The van der Waals surface area contributed by atoms with Gasteiger partial charge in [-0.15, -0.1) is 0 Å². The highest BCUT2D eigenvalue weighted by Crippen LogP contribution is 2.13. The average Bonchev–Trinajstić information content (AvgIpc) is 2.62. The molecule has 0 aliphatic carbocycles. The number of amides is 2. The number of benzene rings is 2. The van der Waals surface area contributed by atoms with Crippen LogP contribution >= 0.6 is 0 Å². The second-order valence-corrected chi connectivity index (χ2v) is 5.86. The third-order valence-corrected chi connectivity index (χ3v) is 3.64. The second-order valence-electron chi connectivity index (χ2n) is 5.86. The summed E-state index contributed by atoms with van der Waals surface area (Å²) in [7, 11) is 0. The standard InChI is InChI=1S/C20H18N4O2/c1-13-7-6-10-16(11-13)19(26)24-20-21-14(2)12-17(23-20)22-18(25)15-8-4-3-5-9-15/h3-12H,1-2H3,(H2,21,22,23,24,25,26). The van der Waals surface area contributed by atoms with E-state index < -0.39 is 0 Å². The predicted octanol–water partition coefficient (Wildman–Crippen LogP) is 3.60. The van der Waals surface area contributed by atoms with Gasteiger partial charge < -0.3 is 5.32 Å². The van der Waals surface area contributed by atoms with Crippen molar-refractivity contribution < 1.29 is 9.59 Å². The van der Waals surface area contributed by atoms with Gasteiger partial charge in [0.2, 0.25) is 5.95 Å². The van der Waals surface area contributed by atoms with Crippen LogP contribution in [0.1, 0.15) is 32.0 Å². The van der Waals surface area contributed by atoms with Crippen molar-refractivity contribution in [3.05, 3.63) is 83.0 Å². The van der Waals surface area contributed by atoms with E-state index >= 15 is 0 Å². The van der Waals surface area contributed by atoms with Gasteiger partial charge in [0.1, 0.15) is 5.82 Å². The fourth-order valence-corrected chi connectivity index (χ4v) is 2.43. The first kappa shape index (κ1) is 17.3. The number of rotatable bonds is 4.